The van der Waals surface area contributed by atoms with Gasteiger partial charge in [0.2, 0.25) is 0 Å². The molecule has 4 aromatic rings. The molecule has 0 unspecified atom stereocenters. The highest BCUT2D eigenvalue weighted by atomic mass is 32.1. The largest absolute Gasteiger partial charge is 0.488 e. The molecule has 4 rings (SSSR count). The topological polar surface area (TPSA) is 73.1 Å². The van der Waals surface area contributed by atoms with Crippen LogP contribution >= 0.6 is 11.3 Å². The SMILES string of the molecule is Nc1ccc2ncnc(NCCc3ccc(OCc4cccs4)cc3)c2c1. The molecule has 2 aromatic carbocycles. The van der Waals surface area contributed by atoms with Gasteiger partial charge in [-0.05, 0) is 53.8 Å². The van der Waals surface area contributed by atoms with Crippen molar-refractivity contribution in [3.8, 4) is 5.75 Å². The van der Waals surface area contributed by atoms with E-state index in [2.05, 4.69) is 38.9 Å². The van der Waals surface area contributed by atoms with E-state index in [-0.39, 0.29) is 0 Å². The number of benzene rings is 2. The van der Waals surface area contributed by atoms with Gasteiger partial charge in [-0.15, -0.1) is 11.3 Å². The Morgan fingerprint density at radius 3 is 2.74 bits per heavy atom. The summed E-state index contributed by atoms with van der Waals surface area (Å²) >= 11 is 1.70. The minimum absolute atomic E-state index is 0.614. The molecule has 2 aromatic heterocycles. The summed E-state index contributed by atoms with van der Waals surface area (Å²) in [6, 6.07) is 18.0. The predicted molar refractivity (Wildman–Crippen MR) is 111 cm³/mol. The molecule has 5 nitrogen and oxygen atoms in total. The highest BCUT2D eigenvalue weighted by molar-refractivity contribution is 7.09. The van der Waals surface area contributed by atoms with Crippen molar-refractivity contribution in [3.05, 3.63) is 76.7 Å². The number of nitrogen functional groups attached to an aromatic ring is 1. The van der Waals surface area contributed by atoms with Crippen LogP contribution in [-0.2, 0) is 13.0 Å². The van der Waals surface area contributed by atoms with Crippen LogP contribution in [0, 0.1) is 0 Å². The van der Waals surface area contributed by atoms with Crippen molar-refractivity contribution in [3.63, 3.8) is 0 Å². The highest BCUT2D eigenvalue weighted by Gasteiger charge is 2.04. The number of ether oxygens (including phenoxy) is 1. The third-order valence-corrected chi connectivity index (χ3v) is 5.10. The summed E-state index contributed by atoms with van der Waals surface area (Å²) in [5, 5.41) is 6.38. The Balaban J connectivity index is 1.33. The van der Waals surface area contributed by atoms with Crippen LogP contribution in [0.2, 0.25) is 0 Å². The van der Waals surface area contributed by atoms with Gasteiger partial charge in [0.1, 0.15) is 24.5 Å². The summed E-state index contributed by atoms with van der Waals surface area (Å²) in [7, 11) is 0. The first-order chi connectivity index (χ1) is 13.3. The van der Waals surface area contributed by atoms with Crippen molar-refractivity contribution in [1.29, 1.82) is 0 Å². The van der Waals surface area contributed by atoms with Crippen LogP contribution in [0.1, 0.15) is 10.4 Å². The van der Waals surface area contributed by atoms with E-state index in [1.165, 1.54) is 10.4 Å². The van der Waals surface area contributed by atoms with Crippen molar-refractivity contribution in [2.24, 2.45) is 0 Å². The third kappa shape index (κ3) is 4.35. The summed E-state index contributed by atoms with van der Waals surface area (Å²) < 4.78 is 5.80. The lowest BCUT2D eigenvalue weighted by Gasteiger charge is -2.09. The zero-order valence-corrected chi connectivity index (χ0v) is 15.6. The summed E-state index contributed by atoms with van der Waals surface area (Å²) in [5.74, 6) is 1.69. The number of nitrogens with one attached hydrogen (secondary N) is 1. The van der Waals surface area contributed by atoms with Crippen molar-refractivity contribution in [1.82, 2.24) is 9.97 Å². The summed E-state index contributed by atoms with van der Waals surface area (Å²) in [4.78, 5) is 9.84. The Morgan fingerprint density at radius 1 is 1.04 bits per heavy atom. The lowest BCUT2D eigenvalue weighted by molar-refractivity contribution is 0.310. The van der Waals surface area contributed by atoms with E-state index in [0.717, 1.165) is 35.4 Å². The summed E-state index contributed by atoms with van der Waals surface area (Å²) in [6.45, 7) is 1.39. The quantitative estimate of drug-likeness (QED) is 0.464. The molecule has 0 aliphatic heterocycles. The zero-order valence-electron chi connectivity index (χ0n) is 14.8. The number of nitrogens with zero attached hydrogens (tertiary/aromatic N) is 2. The summed E-state index contributed by atoms with van der Waals surface area (Å²) in [5.41, 5.74) is 8.72. The van der Waals surface area contributed by atoms with Gasteiger partial charge in [0.05, 0.1) is 5.52 Å². The average molecular weight is 376 g/mol. The Hall–Kier alpha value is -3.12. The van der Waals surface area contributed by atoms with E-state index in [9.17, 15) is 0 Å². The molecule has 0 aliphatic carbocycles. The molecule has 27 heavy (non-hydrogen) atoms. The number of rotatable bonds is 7. The zero-order chi connectivity index (χ0) is 18.5. The molecule has 0 amide bonds. The van der Waals surface area contributed by atoms with E-state index >= 15 is 0 Å². The first-order valence-electron chi connectivity index (χ1n) is 8.76. The Kier molecular flexibility index (Phi) is 5.16. The van der Waals surface area contributed by atoms with Gasteiger partial charge in [-0.25, -0.2) is 9.97 Å². The maximum Gasteiger partial charge on any atom is 0.137 e. The molecule has 0 radical (unpaired) electrons. The van der Waals surface area contributed by atoms with E-state index in [0.29, 0.717) is 12.3 Å². The maximum absolute atomic E-state index is 5.89. The average Bonchev–Trinajstić information content (AvgIpc) is 3.21. The minimum Gasteiger partial charge on any atom is -0.488 e. The van der Waals surface area contributed by atoms with Crippen molar-refractivity contribution in [2.75, 3.05) is 17.6 Å². The van der Waals surface area contributed by atoms with Crippen molar-refractivity contribution < 1.29 is 4.74 Å². The van der Waals surface area contributed by atoms with Gasteiger partial charge in [0.25, 0.3) is 0 Å². The van der Waals surface area contributed by atoms with Gasteiger partial charge in [-0.1, -0.05) is 18.2 Å². The molecule has 136 valence electrons. The Bertz CT molecular complexity index is 1020. The molecule has 0 aliphatic rings. The summed E-state index contributed by atoms with van der Waals surface area (Å²) in [6.07, 6.45) is 2.46. The molecule has 0 atom stereocenters. The number of hydrogen-bond donors (Lipinski definition) is 2. The van der Waals surface area contributed by atoms with Crippen molar-refractivity contribution >= 4 is 33.7 Å². The second-order valence-corrected chi connectivity index (χ2v) is 7.22. The van der Waals surface area contributed by atoms with Crippen LogP contribution in [0.15, 0.2) is 66.3 Å². The number of hydrogen-bond acceptors (Lipinski definition) is 6. The number of fused-ring (bicyclic) bond motifs is 1. The van der Waals surface area contributed by atoms with Crippen LogP contribution in [0.25, 0.3) is 10.9 Å². The van der Waals surface area contributed by atoms with Gasteiger partial charge in [0.15, 0.2) is 0 Å². The molecular weight excluding hydrogens is 356 g/mol. The Morgan fingerprint density at radius 2 is 1.93 bits per heavy atom. The predicted octanol–water partition coefficient (Wildman–Crippen LogP) is 4.51. The normalized spacial score (nSPS) is 10.8. The molecule has 6 heteroatoms. The second kappa shape index (κ2) is 8.05. The fraction of sp³-hybridized carbons (Fsp3) is 0.143. The molecular formula is C21H20N4OS. The minimum atomic E-state index is 0.614. The van der Waals surface area contributed by atoms with Gasteiger partial charge in [-0.3, -0.25) is 0 Å². The fourth-order valence-corrected chi connectivity index (χ4v) is 3.46. The molecule has 0 fully saturated rings. The molecule has 0 spiro atoms. The van der Waals surface area contributed by atoms with Crippen molar-refractivity contribution in [2.45, 2.75) is 13.0 Å². The van der Waals surface area contributed by atoms with E-state index in [4.69, 9.17) is 10.5 Å². The number of anilines is 2. The smallest absolute Gasteiger partial charge is 0.137 e. The third-order valence-electron chi connectivity index (χ3n) is 4.25. The van der Waals surface area contributed by atoms with E-state index < -0.39 is 0 Å². The lowest BCUT2D eigenvalue weighted by atomic mass is 10.1. The lowest BCUT2D eigenvalue weighted by Crippen LogP contribution is -2.07. The van der Waals surface area contributed by atoms with Gasteiger partial charge >= 0.3 is 0 Å². The van der Waals surface area contributed by atoms with Gasteiger partial charge < -0.3 is 15.8 Å². The highest BCUT2D eigenvalue weighted by Crippen LogP contribution is 2.22. The fourth-order valence-electron chi connectivity index (χ4n) is 2.84. The van der Waals surface area contributed by atoms with E-state index in [1.807, 2.05) is 36.4 Å². The van der Waals surface area contributed by atoms with Crippen LogP contribution in [-0.4, -0.2) is 16.5 Å². The molecule has 0 saturated carbocycles. The van der Waals surface area contributed by atoms with Gasteiger partial charge in [0, 0.05) is 22.5 Å². The van der Waals surface area contributed by atoms with E-state index in [1.54, 1.807) is 17.7 Å². The molecule has 0 bridgehead atoms. The second-order valence-electron chi connectivity index (χ2n) is 6.19. The van der Waals surface area contributed by atoms with Crippen LogP contribution in [0.3, 0.4) is 0 Å². The molecule has 3 N–H and O–H groups in total. The van der Waals surface area contributed by atoms with Crippen LogP contribution in [0.5, 0.6) is 5.75 Å². The van der Waals surface area contributed by atoms with Crippen LogP contribution < -0.4 is 15.8 Å². The number of nitrogens with two attached hydrogens (primary N) is 1. The van der Waals surface area contributed by atoms with Gasteiger partial charge in [-0.2, -0.15) is 0 Å². The first kappa shape index (κ1) is 17.3. The monoisotopic (exact) mass is 376 g/mol. The van der Waals surface area contributed by atoms with Crippen LogP contribution in [0.4, 0.5) is 11.5 Å². The molecule has 2 heterocycles. The Labute approximate surface area is 161 Å². The maximum atomic E-state index is 5.89. The molecule has 0 saturated heterocycles. The first-order valence-corrected chi connectivity index (χ1v) is 9.64. The number of thiophene rings is 1. The standard InChI is InChI=1S/C21H20N4OS/c22-16-5-8-20-19(12-16)21(25-14-24-20)23-10-9-15-3-6-17(7-4-15)26-13-18-2-1-11-27-18/h1-8,11-12,14H,9-10,13,22H2,(H,23,24,25). The number of aromatic nitrogens is 2.